The Hall–Kier alpha value is -1.46. The smallest absolute Gasteiger partial charge is 0.220 e. The number of nitrogens with zero attached hydrogens (tertiary/aromatic N) is 1. The summed E-state index contributed by atoms with van der Waals surface area (Å²) in [5.74, 6) is 0.0808. The number of fused-ring (bicyclic) bond motifs is 1. The maximum absolute atomic E-state index is 12.0. The van der Waals surface area contributed by atoms with Gasteiger partial charge >= 0.3 is 0 Å². The second-order valence-corrected chi connectivity index (χ2v) is 6.60. The molecule has 0 aliphatic carbocycles. The largest absolute Gasteiger partial charge is 0.376 e. The van der Waals surface area contributed by atoms with Gasteiger partial charge in [0, 0.05) is 19.4 Å². The number of aryl methyl sites for hydroxylation is 1. The van der Waals surface area contributed by atoms with Crippen LogP contribution in [-0.4, -0.2) is 29.6 Å². The van der Waals surface area contributed by atoms with Gasteiger partial charge in [-0.05, 0) is 31.9 Å². The highest BCUT2D eigenvalue weighted by Gasteiger charge is 2.23. The van der Waals surface area contributed by atoms with E-state index in [9.17, 15) is 4.79 Å². The van der Waals surface area contributed by atoms with Crippen LogP contribution < -0.4 is 5.32 Å². The third-order valence-electron chi connectivity index (χ3n) is 3.82. The number of thiazole rings is 1. The molecule has 2 heterocycles. The minimum atomic E-state index is 0.0808. The topological polar surface area (TPSA) is 51.2 Å². The summed E-state index contributed by atoms with van der Waals surface area (Å²) in [5.41, 5.74) is 1.02. The highest BCUT2D eigenvalue weighted by molar-refractivity contribution is 7.18. The van der Waals surface area contributed by atoms with Gasteiger partial charge in [0.1, 0.15) is 0 Å². The van der Waals surface area contributed by atoms with Crippen LogP contribution in [-0.2, 0) is 16.0 Å². The van der Waals surface area contributed by atoms with Gasteiger partial charge in [0.2, 0.25) is 5.91 Å². The van der Waals surface area contributed by atoms with Crippen LogP contribution in [0.2, 0.25) is 0 Å². The lowest BCUT2D eigenvalue weighted by Gasteiger charge is -2.19. The molecule has 0 bridgehead atoms. The van der Waals surface area contributed by atoms with E-state index in [1.165, 1.54) is 4.70 Å². The van der Waals surface area contributed by atoms with E-state index in [1.54, 1.807) is 11.3 Å². The fourth-order valence-corrected chi connectivity index (χ4v) is 3.63. The Morgan fingerprint density at radius 1 is 1.52 bits per heavy atom. The van der Waals surface area contributed by atoms with Crippen molar-refractivity contribution in [3.8, 4) is 0 Å². The molecule has 2 aromatic rings. The summed E-state index contributed by atoms with van der Waals surface area (Å²) >= 11 is 1.67. The lowest BCUT2D eigenvalue weighted by atomic mass is 10.1. The molecule has 0 spiro atoms. The first kappa shape index (κ1) is 14.5. The molecule has 0 saturated carbocycles. The van der Waals surface area contributed by atoms with Crippen LogP contribution in [0.25, 0.3) is 10.2 Å². The summed E-state index contributed by atoms with van der Waals surface area (Å²) in [6.07, 6.45) is 3.49. The van der Waals surface area contributed by atoms with Gasteiger partial charge in [-0.15, -0.1) is 11.3 Å². The number of amides is 1. The molecule has 1 aliphatic heterocycles. The molecule has 0 unspecified atom stereocenters. The van der Waals surface area contributed by atoms with Crippen molar-refractivity contribution in [3.63, 3.8) is 0 Å². The zero-order chi connectivity index (χ0) is 14.7. The summed E-state index contributed by atoms with van der Waals surface area (Å²) in [6, 6.07) is 8.17. The van der Waals surface area contributed by atoms with E-state index in [1.807, 2.05) is 25.1 Å². The molecule has 1 saturated heterocycles. The van der Waals surface area contributed by atoms with Crippen molar-refractivity contribution in [2.45, 2.75) is 44.8 Å². The first-order chi connectivity index (χ1) is 10.2. The van der Waals surface area contributed by atoms with Crippen molar-refractivity contribution < 1.29 is 9.53 Å². The monoisotopic (exact) mass is 304 g/mol. The van der Waals surface area contributed by atoms with Crippen LogP contribution in [0, 0.1) is 0 Å². The van der Waals surface area contributed by atoms with Crippen LogP contribution in [0.3, 0.4) is 0 Å². The van der Waals surface area contributed by atoms with Crippen molar-refractivity contribution in [1.29, 1.82) is 0 Å². The zero-order valence-corrected chi connectivity index (χ0v) is 13.0. The Kier molecular flexibility index (Phi) is 4.51. The van der Waals surface area contributed by atoms with E-state index in [2.05, 4.69) is 16.4 Å². The van der Waals surface area contributed by atoms with Gasteiger partial charge in [0.05, 0.1) is 27.4 Å². The Morgan fingerprint density at radius 3 is 3.14 bits per heavy atom. The predicted molar refractivity (Wildman–Crippen MR) is 84.5 cm³/mol. The standard InChI is InChI=1S/C16H20N2O2S/c1-11(13-6-4-10-20-13)17-15(19)8-9-16-18-12-5-2-3-7-14(12)21-16/h2-3,5,7,11,13H,4,6,8-10H2,1H3,(H,17,19)/t11-,13+/m0/s1. The number of nitrogens with one attached hydrogen (secondary N) is 1. The van der Waals surface area contributed by atoms with Gasteiger partial charge in [0.15, 0.2) is 0 Å². The van der Waals surface area contributed by atoms with Crippen LogP contribution in [0.4, 0.5) is 0 Å². The maximum atomic E-state index is 12.0. The number of hydrogen-bond donors (Lipinski definition) is 1. The van der Waals surface area contributed by atoms with Crippen molar-refractivity contribution >= 4 is 27.5 Å². The Labute approximate surface area is 128 Å². The lowest BCUT2D eigenvalue weighted by Crippen LogP contribution is -2.40. The minimum absolute atomic E-state index is 0.0808. The maximum Gasteiger partial charge on any atom is 0.220 e. The molecule has 1 fully saturated rings. The highest BCUT2D eigenvalue weighted by atomic mass is 32.1. The summed E-state index contributed by atoms with van der Waals surface area (Å²) in [6.45, 7) is 2.84. The summed E-state index contributed by atoms with van der Waals surface area (Å²) in [5, 5.41) is 4.06. The van der Waals surface area contributed by atoms with Crippen molar-refractivity contribution in [2.75, 3.05) is 6.61 Å². The van der Waals surface area contributed by atoms with Gasteiger partial charge in [-0.3, -0.25) is 4.79 Å². The molecular formula is C16H20N2O2S. The number of benzene rings is 1. The summed E-state index contributed by atoms with van der Waals surface area (Å²) in [4.78, 5) is 16.6. The number of carbonyl (C=O) groups excluding carboxylic acids is 1. The van der Waals surface area contributed by atoms with Gasteiger partial charge in [-0.25, -0.2) is 4.98 Å². The van der Waals surface area contributed by atoms with Crippen LogP contribution in [0.15, 0.2) is 24.3 Å². The lowest BCUT2D eigenvalue weighted by molar-refractivity contribution is -0.122. The van der Waals surface area contributed by atoms with Crippen LogP contribution in [0.1, 0.15) is 31.2 Å². The molecule has 5 heteroatoms. The van der Waals surface area contributed by atoms with Gasteiger partial charge < -0.3 is 10.1 Å². The third kappa shape index (κ3) is 3.60. The molecule has 1 amide bonds. The Bertz CT molecular complexity index is 587. The molecular weight excluding hydrogens is 284 g/mol. The average molecular weight is 304 g/mol. The number of hydrogen-bond acceptors (Lipinski definition) is 4. The van der Waals surface area contributed by atoms with Crippen molar-refractivity contribution in [3.05, 3.63) is 29.3 Å². The van der Waals surface area contributed by atoms with E-state index in [4.69, 9.17) is 4.74 Å². The molecule has 1 aliphatic rings. The predicted octanol–water partition coefficient (Wildman–Crippen LogP) is 2.91. The fraction of sp³-hybridized carbons (Fsp3) is 0.500. The van der Waals surface area contributed by atoms with Gasteiger partial charge in [-0.2, -0.15) is 0 Å². The van der Waals surface area contributed by atoms with E-state index < -0.39 is 0 Å². The molecule has 0 radical (unpaired) electrons. The SMILES string of the molecule is C[C@H](NC(=O)CCc1nc2ccccc2s1)[C@H]1CCCO1. The van der Waals surface area contributed by atoms with E-state index >= 15 is 0 Å². The molecule has 2 atom stereocenters. The minimum Gasteiger partial charge on any atom is -0.376 e. The second-order valence-electron chi connectivity index (χ2n) is 5.48. The number of carbonyl (C=O) groups is 1. The average Bonchev–Trinajstić information content (AvgIpc) is 3.14. The number of ether oxygens (including phenoxy) is 1. The molecule has 1 N–H and O–H groups in total. The van der Waals surface area contributed by atoms with Crippen molar-refractivity contribution in [2.24, 2.45) is 0 Å². The molecule has 112 valence electrons. The van der Waals surface area contributed by atoms with Gasteiger partial charge in [-0.1, -0.05) is 12.1 Å². The molecule has 1 aromatic carbocycles. The zero-order valence-electron chi connectivity index (χ0n) is 12.2. The normalized spacial score (nSPS) is 19.8. The van der Waals surface area contributed by atoms with Gasteiger partial charge in [0.25, 0.3) is 0 Å². The van der Waals surface area contributed by atoms with E-state index in [-0.39, 0.29) is 18.1 Å². The second kappa shape index (κ2) is 6.54. The summed E-state index contributed by atoms with van der Waals surface area (Å²) in [7, 11) is 0. The summed E-state index contributed by atoms with van der Waals surface area (Å²) < 4.78 is 6.77. The fourth-order valence-electron chi connectivity index (χ4n) is 2.66. The molecule has 3 rings (SSSR count). The van der Waals surface area contributed by atoms with Crippen molar-refractivity contribution in [1.82, 2.24) is 10.3 Å². The Balaban J connectivity index is 1.50. The molecule has 21 heavy (non-hydrogen) atoms. The number of aromatic nitrogens is 1. The first-order valence-corrected chi connectivity index (χ1v) is 8.29. The van der Waals surface area contributed by atoms with E-state index in [0.29, 0.717) is 12.8 Å². The quantitative estimate of drug-likeness (QED) is 0.924. The number of para-hydroxylation sites is 1. The Morgan fingerprint density at radius 2 is 2.38 bits per heavy atom. The number of rotatable bonds is 5. The van der Waals surface area contributed by atoms with E-state index in [0.717, 1.165) is 30.0 Å². The third-order valence-corrected chi connectivity index (χ3v) is 4.91. The van der Waals surface area contributed by atoms with Crippen LogP contribution in [0.5, 0.6) is 0 Å². The first-order valence-electron chi connectivity index (χ1n) is 7.48. The van der Waals surface area contributed by atoms with Crippen LogP contribution >= 0.6 is 11.3 Å². The molecule has 1 aromatic heterocycles. The molecule has 4 nitrogen and oxygen atoms in total. The highest BCUT2D eigenvalue weighted by Crippen LogP contribution is 2.22.